The van der Waals surface area contributed by atoms with Gasteiger partial charge >= 0.3 is 0 Å². The highest BCUT2D eigenvalue weighted by Crippen LogP contribution is 2.28. The molecule has 116 valence electrons. The van der Waals surface area contributed by atoms with Crippen LogP contribution in [0.3, 0.4) is 0 Å². The molecule has 0 radical (unpaired) electrons. The van der Waals surface area contributed by atoms with E-state index in [9.17, 15) is 0 Å². The molecule has 5 heteroatoms. The van der Waals surface area contributed by atoms with Crippen molar-refractivity contribution in [2.45, 2.75) is 25.8 Å². The van der Waals surface area contributed by atoms with Gasteiger partial charge in [-0.3, -0.25) is 4.90 Å². The first-order valence-electron chi connectivity index (χ1n) is 8.21. The Kier molecular flexibility index (Phi) is 3.58. The van der Waals surface area contributed by atoms with Gasteiger partial charge in [-0.15, -0.1) is 0 Å². The highest BCUT2D eigenvalue weighted by atomic mass is 15.3. The predicted octanol–water partition coefficient (Wildman–Crippen LogP) is 1.63. The summed E-state index contributed by atoms with van der Waals surface area (Å²) in [6, 6.07) is 4.33. The number of nitrogens with zero attached hydrogens (tertiary/aromatic N) is 5. The van der Waals surface area contributed by atoms with Crippen LogP contribution in [0.4, 0.5) is 5.82 Å². The lowest BCUT2D eigenvalue weighted by Crippen LogP contribution is -2.46. The van der Waals surface area contributed by atoms with Gasteiger partial charge in [0.05, 0.1) is 0 Å². The molecule has 3 heterocycles. The van der Waals surface area contributed by atoms with E-state index in [1.165, 1.54) is 29.2 Å². The van der Waals surface area contributed by atoms with E-state index in [0.29, 0.717) is 0 Å². The number of fused-ring (bicyclic) bond motifs is 1. The minimum absolute atomic E-state index is 1.04. The second-order valence-corrected chi connectivity index (χ2v) is 6.35. The van der Waals surface area contributed by atoms with Crippen molar-refractivity contribution in [2.24, 2.45) is 7.05 Å². The topological polar surface area (TPSA) is 37.2 Å². The number of rotatable bonds is 3. The van der Waals surface area contributed by atoms with E-state index >= 15 is 0 Å². The quantitative estimate of drug-likeness (QED) is 0.863. The number of hydrogen-bond donors (Lipinski definition) is 0. The summed E-state index contributed by atoms with van der Waals surface area (Å²) in [6.07, 6.45) is 7.37. The first-order chi connectivity index (χ1) is 10.8. The average molecular weight is 297 g/mol. The third-order valence-corrected chi connectivity index (χ3v) is 4.96. The summed E-state index contributed by atoms with van der Waals surface area (Å²) in [5.41, 5.74) is 4.06. The molecule has 1 saturated heterocycles. The van der Waals surface area contributed by atoms with Gasteiger partial charge in [0.2, 0.25) is 0 Å². The fourth-order valence-electron chi connectivity index (χ4n) is 3.62. The Labute approximate surface area is 131 Å². The van der Waals surface area contributed by atoms with E-state index in [-0.39, 0.29) is 0 Å². The maximum atomic E-state index is 4.58. The smallest absolute Gasteiger partial charge is 0.135 e. The molecule has 2 aliphatic rings. The molecule has 1 aliphatic carbocycles. The van der Waals surface area contributed by atoms with Crippen molar-refractivity contribution >= 4 is 5.82 Å². The monoisotopic (exact) mass is 297 g/mol. The second-order valence-electron chi connectivity index (χ2n) is 6.35. The Morgan fingerprint density at radius 3 is 2.73 bits per heavy atom. The van der Waals surface area contributed by atoms with E-state index < -0.39 is 0 Å². The van der Waals surface area contributed by atoms with Crippen molar-refractivity contribution in [1.29, 1.82) is 0 Å². The average Bonchev–Trinajstić information content (AvgIpc) is 3.17. The molecule has 5 nitrogen and oxygen atoms in total. The van der Waals surface area contributed by atoms with Crippen LogP contribution in [0.5, 0.6) is 0 Å². The van der Waals surface area contributed by atoms with Gasteiger partial charge in [0.15, 0.2) is 0 Å². The molecule has 0 unspecified atom stereocenters. The predicted molar refractivity (Wildman–Crippen MR) is 87.0 cm³/mol. The zero-order valence-electron chi connectivity index (χ0n) is 13.2. The summed E-state index contributed by atoms with van der Waals surface area (Å²) in [5, 5.41) is 0. The van der Waals surface area contributed by atoms with Crippen LogP contribution in [0.15, 0.2) is 24.7 Å². The Bertz CT molecular complexity index is 655. The first kappa shape index (κ1) is 13.8. The Morgan fingerprint density at radius 1 is 1.09 bits per heavy atom. The molecule has 0 bridgehead atoms. The fraction of sp³-hybridized carbons (Fsp3) is 0.529. The van der Waals surface area contributed by atoms with Crippen molar-refractivity contribution in [1.82, 2.24) is 19.4 Å². The van der Waals surface area contributed by atoms with Gasteiger partial charge in [-0.25, -0.2) is 9.97 Å². The van der Waals surface area contributed by atoms with Gasteiger partial charge in [0.25, 0.3) is 0 Å². The van der Waals surface area contributed by atoms with Crippen molar-refractivity contribution < 1.29 is 0 Å². The van der Waals surface area contributed by atoms with Gasteiger partial charge in [0, 0.05) is 62.9 Å². The molecule has 1 fully saturated rings. The van der Waals surface area contributed by atoms with Crippen LogP contribution in [0.1, 0.15) is 23.4 Å². The van der Waals surface area contributed by atoms with Crippen molar-refractivity contribution in [2.75, 3.05) is 31.1 Å². The van der Waals surface area contributed by atoms with E-state index in [4.69, 9.17) is 0 Å². The molecule has 0 aromatic carbocycles. The van der Waals surface area contributed by atoms with Crippen molar-refractivity contribution in [3.05, 3.63) is 41.6 Å². The standard InChI is InChI=1S/C17H23N5/c1-20-7-3-4-14(20)12-21-8-10-22(11-9-21)17-15-5-2-6-16(15)18-13-19-17/h3-4,7,13H,2,5-6,8-12H2,1H3. The van der Waals surface area contributed by atoms with Gasteiger partial charge in [-0.05, 0) is 31.4 Å². The summed E-state index contributed by atoms with van der Waals surface area (Å²) in [7, 11) is 2.12. The molecule has 2 aromatic heterocycles. The molecule has 4 rings (SSSR count). The summed E-state index contributed by atoms with van der Waals surface area (Å²) in [6.45, 7) is 5.37. The lowest BCUT2D eigenvalue weighted by molar-refractivity contribution is 0.244. The molecule has 0 atom stereocenters. The molecule has 0 N–H and O–H groups in total. The van der Waals surface area contributed by atoms with Crippen LogP contribution in [0.25, 0.3) is 0 Å². The van der Waals surface area contributed by atoms with E-state index in [1.807, 2.05) is 0 Å². The number of aryl methyl sites for hydroxylation is 2. The highest BCUT2D eigenvalue weighted by molar-refractivity contribution is 5.50. The van der Waals surface area contributed by atoms with Crippen LogP contribution < -0.4 is 4.90 Å². The van der Waals surface area contributed by atoms with Gasteiger partial charge in [-0.1, -0.05) is 0 Å². The van der Waals surface area contributed by atoms with E-state index in [1.54, 1.807) is 6.33 Å². The Hall–Kier alpha value is -1.88. The normalized spacial score (nSPS) is 18.7. The van der Waals surface area contributed by atoms with Gasteiger partial charge < -0.3 is 9.47 Å². The minimum atomic E-state index is 1.04. The van der Waals surface area contributed by atoms with Crippen LogP contribution in [-0.2, 0) is 26.4 Å². The zero-order chi connectivity index (χ0) is 14.9. The van der Waals surface area contributed by atoms with Gasteiger partial charge in [0.1, 0.15) is 12.1 Å². The first-order valence-corrected chi connectivity index (χ1v) is 8.21. The molecule has 22 heavy (non-hydrogen) atoms. The number of aromatic nitrogens is 3. The SMILES string of the molecule is Cn1cccc1CN1CCN(c2ncnc3c2CCC3)CC1. The lowest BCUT2D eigenvalue weighted by Gasteiger charge is -2.36. The maximum absolute atomic E-state index is 4.58. The summed E-state index contributed by atoms with van der Waals surface area (Å²) in [4.78, 5) is 14.0. The maximum Gasteiger partial charge on any atom is 0.135 e. The summed E-state index contributed by atoms with van der Waals surface area (Å²) >= 11 is 0. The molecule has 0 spiro atoms. The Morgan fingerprint density at radius 2 is 1.95 bits per heavy atom. The number of anilines is 1. The Balaban J connectivity index is 1.42. The van der Waals surface area contributed by atoms with Gasteiger partial charge in [-0.2, -0.15) is 0 Å². The van der Waals surface area contributed by atoms with Crippen LogP contribution >= 0.6 is 0 Å². The number of piperazine rings is 1. The summed E-state index contributed by atoms with van der Waals surface area (Å²) in [5.74, 6) is 1.20. The molecular weight excluding hydrogens is 274 g/mol. The molecule has 2 aromatic rings. The molecule has 0 amide bonds. The van der Waals surface area contributed by atoms with Crippen molar-refractivity contribution in [3.63, 3.8) is 0 Å². The van der Waals surface area contributed by atoms with Crippen LogP contribution in [0.2, 0.25) is 0 Å². The number of hydrogen-bond acceptors (Lipinski definition) is 4. The molecular formula is C17H23N5. The van der Waals surface area contributed by atoms with E-state index in [2.05, 4.69) is 49.7 Å². The third kappa shape index (κ3) is 2.50. The van der Waals surface area contributed by atoms with E-state index in [0.717, 1.165) is 45.6 Å². The lowest BCUT2D eigenvalue weighted by atomic mass is 10.2. The molecule has 1 aliphatic heterocycles. The zero-order valence-corrected chi connectivity index (χ0v) is 13.2. The fourth-order valence-corrected chi connectivity index (χ4v) is 3.62. The van der Waals surface area contributed by atoms with Crippen molar-refractivity contribution in [3.8, 4) is 0 Å². The largest absolute Gasteiger partial charge is 0.354 e. The third-order valence-electron chi connectivity index (χ3n) is 4.96. The minimum Gasteiger partial charge on any atom is -0.354 e. The molecule has 0 saturated carbocycles. The van der Waals surface area contributed by atoms with Crippen LogP contribution in [-0.4, -0.2) is 45.6 Å². The highest BCUT2D eigenvalue weighted by Gasteiger charge is 2.24. The van der Waals surface area contributed by atoms with Crippen LogP contribution in [0, 0.1) is 0 Å². The second kappa shape index (κ2) is 5.72. The summed E-state index contributed by atoms with van der Waals surface area (Å²) < 4.78 is 2.21.